The van der Waals surface area contributed by atoms with E-state index in [0.717, 1.165) is 11.3 Å². The topological polar surface area (TPSA) is 78.9 Å². The molecule has 2 N–H and O–H groups in total. The van der Waals surface area contributed by atoms with Crippen LogP contribution in [0.2, 0.25) is 0 Å². The highest BCUT2D eigenvalue weighted by atomic mass is 16.5. The van der Waals surface area contributed by atoms with Crippen LogP contribution in [0.4, 0.5) is 10.5 Å². The number of piperidine rings is 1. The number of phenolic OH excluding ortho intramolecular Hbond substituents is 1. The first kappa shape index (κ1) is 18.9. The third-order valence-corrected chi connectivity index (χ3v) is 4.79. The van der Waals surface area contributed by atoms with Crippen LogP contribution < -0.4 is 5.32 Å². The number of phenols is 1. The zero-order valence-electron chi connectivity index (χ0n) is 15.4. The molecular formula is C21H24N2O4. The summed E-state index contributed by atoms with van der Waals surface area (Å²) in [5.74, 6) is 0.124. The number of benzene rings is 2. The maximum Gasteiger partial charge on any atom is 0.321 e. The van der Waals surface area contributed by atoms with E-state index in [9.17, 15) is 14.7 Å². The number of anilines is 1. The second kappa shape index (κ2) is 8.68. The molecule has 6 heteroatoms. The smallest absolute Gasteiger partial charge is 0.321 e. The van der Waals surface area contributed by atoms with Gasteiger partial charge in [0, 0.05) is 37.4 Å². The van der Waals surface area contributed by atoms with E-state index in [0.29, 0.717) is 38.1 Å². The van der Waals surface area contributed by atoms with Crippen LogP contribution in [-0.4, -0.2) is 42.0 Å². The van der Waals surface area contributed by atoms with Gasteiger partial charge in [0.2, 0.25) is 0 Å². The first-order valence-electron chi connectivity index (χ1n) is 9.04. The Morgan fingerprint density at radius 2 is 1.85 bits per heavy atom. The highest BCUT2D eigenvalue weighted by Crippen LogP contribution is 2.23. The van der Waals surface area contributed by atoms with Gasteiger partial charge < -0.3 is 20.1 Å². The van der Waals surface area contributed by atoms with Gasteiger partial charge in [-0.1, -0.05) is 12.1 Å². The van der Waals surface area contributed by atoms with Gasteiger partial charge in [-0.15, -0.1) is 0 Å². The van der Waals surface area contributed by atoms with Crippen molar-refractivity contribution in [2.75, 3.05) is 25.5 Å². The molecule has 0 spiro atoms. The van der Waals surface area contributed by atoms with Crippen molar-refractivity contribution in [3.8, 4) is 5.75 Å². The summed E-state index contributed by atoms with van der Waals surface area (Å²) >= 11 is 0. The Bertz CT molecular complexity index is 796. The molecule has 0 bridgehead atoms. The van der Waals surface area contributed by atoms with Gasteiger partial charge in [-0.3, -0.25) is 4.79 Å². The number of nitrogens with one attached hydrogen (secondary N) is 1. The van der Waals surface area contributed by atoms with Crippen LogP contribution in [0.15, 0.2) is 48.5 Å². The number of Topliss-reactive ketones (excluding diaryl/α,β-unsaturated/α-hetero) is 1. The molecule has 142 valence electrons. The highest BCUT2D eigenvalue weighted by Gasteiger charge is 2.28. The lowest BCUT2D eigenvalue weighted by Gasteiger charge is -2.31. The fourth-order valence-corrected chi connectivity index (χ4v) is 3.31. The van der Waals surface area contributed by atoms with Crippen molar-refractivity contribution in [3.05, 3.63) is 59.7 Å². The quantitative estimate of drug-likeness (QED) is 0.790. The summed E-state index contributed by atoms with van der Waals surface area (Å²) in [6.45, 7) is 1.57. The molecule has 3 rings (SSSR count). The molecule has 2 aromatic rings. The largest absolute Gasteiger partial charge is 0.508 e. The fraction of sp³-hybridized carbons (Fsp3) is 0.333. The summed E-state index contributed by atoms with van der Waals surface area (Å²) in [6, 6.07) is 13.7. The maximum atomic E-state index is 12.6. The predicted molar refractivity (Wildman–Crippen MR) is 103 cm³/mol. The Labute approximate surface area is 158 Å². The molecule has 0 atom stereocenters. The van der Waals surface area contributed by atoms with Gasteiger partial charge in [0.1, 0.15) is 5.75 Å². The van der Waals surface area contributed by atoms with Crippen LogP contribution >= 0.6 is 0 Å². The lowest BCUT2D eigenvalue weighted by Crippen LogP contribution is -2.42. The monoisotopic (exact) mass is 368 g/mol. The van der Waals surface area contributed by atoms with E-state index in [1.807, 2.05) is 24.3 Å². The van der Waals surface area contributed by atoms with Gasteiger partial charge in [0.15, 0.2) is 5.78 Å². The number of nitrogens with zero attached hydrogens (tertiary/aromatic N) is 1. The summed E-state index contributed by atoms with van der Waals surface area (Å²) in [5, 5.41) is 12.3. The van der Waals surface area contributed by atoms with Crippen molar-refractivity contribution in [1.82, 2.24) is 4.90 Å². The molecule has 27 heavy (non-hydrogen) atoms. The van der Waals surface area contributed by atoms with E-state index in [2.05, 4.69) is 5.32 Å². The maximum absolute atomic E-state index is 12.6. The lowest BCUT2D eigenvalue weighted by molar-refractivity contribution is 0.0859. The van der Waals surface area contributed by atoms with E-state index in [1.54, 1.807) is 24.1 Å². The van der Waals surface area contributed by atoms with E-state index in [-0.39, 0.29) is 23.5 Å². The van der Waals surface area contributed by atoms with Crippen molar-refractivity contribution in [2.45, 2.75) is 19.4 Å². The normalized spacial score (nSPS) is 14.8. The number of rotatable bonds is 5. The standard InChI is InChI=1S/C21H24N2O4/c1-27-14-15-3-2-4-18(13-15)22-21(26)23-11-9-17(10-12-23)20(25)16-5-7-19(24)8-6-16/h2-8,13,17,24H,9-12,14H2,1H3,(H,22,26). The van der Waals surface area contributed by atoms with Crippen molar-refractivity contribution >= 4 is 17.5 Å². The third kappa shape index (κ3) is 4.86. The average molecular weight is 368 g/mol. The zero-order chi connectivity index (χ0) is 19.2. The number of hydrogen-bond acceptors (Lipinski definition) is 4. The number of hydrogen-bond donors (Lipinski definition) is 2. The number of methoxy groups -OCH3 is 1. The van der Waals surface area contributed by atoms with Gasteiger partial charge in [-0.05, 0) is 54.8 Å². The molecule has 0 saturated carbocycles. The van der Waals surface area contributed by atoms with Crippen molar-refractivity contribution in [3.63, 3.8) is 0 Å². The van der Waals surface area contributed by atoms with Crippen LogP contribution in [0, 0.1) is 5.92 Å². The van der Waals surface area contributed by atoms with Crippen molar-refractivity contribution < 1.29 is 19.4 Å². The highest BCUT2D eigenvalue weighted by molar-refractivity contribution is 5.98. The summed E-state index contributed by atoms with van der Waals surface area (Å²) in [4.78, 5) is 26.8. The van der Waals surface area contributed by atoms with Crippen LogP contribution in [0.3, 0.4) is 0 Å². The molecule has 0 aliphatic carbocycles. The Morgan fingerprint density at radius 3 is 2.52 bits per heavy atom. The first-order valence-corrected chi connectivity index (χ1v) is 9.04. The lowest BCUT2D eigenvalue weighted by atomic mass is 9.89. The van der Waals surface area contributed by atoms with Crippen LogP contribution in [0.25, 0.3) is 0 Å². The van der Waals surface area contributed by atoms with Gasteiger partial charge in [0.05, 0.1) is 6.61 Å². The number of ether oxygens (including phenoxy) is 1. The number of likely N-dealkylation sites (tertiary alicyclic amines) is 1. The van der Waals surface area contributed by atoms with Gasteiger partial charge in [-0.2, -0.15) is 0 Å². The number of urea groups is 1. The molecule has 1 aliphatic rings. The Hall–Kier alpha value is -2.86. The molecule has 0 aromatic heterocycles. The molecule has 6 nitrogen and oxygen atoms in total. The SMILES string of the molecule is COCc1cccc(NC(=O)N2CCC(C(=O)c3ccc(O)cc3)CC2)c1. The molecule has 1 heterocycles. The number of carbonyl (C=O) groups excluding carboxylic acids is 2. The van der Waals surface area contributed by atoms with Gasteiger partial charge in [-0.25, -0.2) is 4.79 Å². The van der Waals surface area contributed by atoms with Crippen LogP contribution in [0.5, 0.6) is 5.75 Å². The Kier molecular flexibility index (Phi) is 6.08. The van der Waals surface area contributed by atoms with Gasteiger partial charge in [0.25, 0.3) is 0 Å². The van der Waals surface area contributed by atoms with E-state index >= 15 is 0 Å². The van der Waals surface area contributed by atoms with Gasteiger partial charge >= 0.3 is 6.03 Å². The van der Waals surface area contributed by atoms with Crippen molar-refractivity contribution in [1.29, 1.82) is 0 Å². The minimum atomic E-state index is -0.153. The zero-order valence-corrected chi connectivity index (χ0v) is 15.4. The molecule has 0 unspecified atom stereocenters. The summed E-state index contributed by atoms with van der Waals surface area (Å²) in [7, 11) is 1.63. The van der Waals surface area contributed by atoms with E-state index in [4.69, 9.17) is 4.74 Å². The number of aromatic hydroxyl groups is 1. The Morgan fingerprint density at radius 1 is 1.15 bits per heavy atom. The summed E-state index contributed by atoms with van der Waals surface area (Å²) in [5.41, 5.74) is 2.33. The molecular weight excluding hydrogens is 344 g/mol. The summed E-state index contributed by atoms with van der Waals surface area (Å²) < 4.78 is 5.11. The minimum Gasteiger partial charge on any atom is -0.508 e. The second-order valence-electron chi connectivity index (χ2n) is 6.74. The van der Waals surface area contributed by atoms with Crippen molar-refractivity contribution in [2.24, 2.45) is 5.92 Å². The van der Waals surface area contributed by atoms with E-state index in [1.165, 1.54) is 12.1 Å². The van der Waals surface area contributed by atoms with E-state index < -0.39 is 0 Å². The number of ketones is 1. The fourth-order valence-electron chi connectivity index (χ4n) is 3.31. The number of amides is 2. The Balaban J connectivity index is 1.54. The molecule has 1 aliphatic heterocycles. The summed E-state index contributed by atoms with van der Waals surface area (Å²) in [6.07, 6.45) is 1.27. The second-order valence-corrected chi connectivity index (χ2v) is 6.74. The first-order chi connectivity index (χ1) is 13.1. The van der Waals surface area contributed by atoms with Crippen LogP contribution in [0.1, 0.15) is 28.8 Å². The molecule has 1 fully saturated rings. The van der Waals surface area contributed by atoms with Crippen LogP contribution in [-0.2, 0) is 11.3 Å². The minimum absolute atomic E-state index is 0.0716. The predicted octanol–water partition coefficient (Wildman–Crippen LogP) is 3.67. The molecule has 0 radical (unpaired) electrons. The molecule has 2 aromatic carbocycles. The molecule has 1 saturated heterocycles. The number of carbonyl (C=O) groups is 2. The molecule has 2 amide bonds. The average Bonchev–Trinajstić information content (AvgIpc) is 2.69. The third-order valence-electron chi connectivity index (χ3n) is 4.79.